The van der Waals surface area contributed by atoms with Gasteiger partial charge in [-0.1, -0.05) is 30.3 Å². The number of fused-ring (bicyclic) bond motifs is 1. The second kappa shape index (κ2) is 8.02. The molecule has 2 aromatic carbocycles. The van der Waals surface area contributed by atoms with Gasteiger partial charge in [0.05, 0.1) is 5.69 Å². The smallest absolute Gasteiger partial charge is 0.249 e. The number of carbonyl (C=O) groups is 1. The third-order valence-corrected chi connectivity index (χ3v) is 5.30. The van der Waals surface area contributed by atoms with Crippen molar-refractivity contribution in [3.8, 4) is 11.3 Å². The van der Waals surface area contributed by atoms with Gasteiger partial charge in [-0.3, -0.25) is 10.2 Å². The summed E-state index contributed by atoms with van der Waals surface area (Å²) in [5.74, 6) is -0.337. The van der Waals surface area contributed by atoms with Gasteiger partial charge in [-0.15, -0.1) is 0 Å². The number of nitrogens with zero attached hydrogens (tertiary/aromatic N) is 3. The highest BCUT2D eigenvalue weighted by atomic mass is 19.1. The van der Waals surface area contributed by atoms with E-state index in [2.05, 4.69) is 15.3 Å². The summed E-state index contributed by atoms with van der Waals surface area (Å²) in [6.07, 6.45) is 2.89. The van der Waals surface area contributed by atoms with Crippen molar-refractivity contribution in [3.63, 3.8) is 0 Å². The van der Waals surface area contributed by atoms with Crippen LogP contribution in [0.4, 0.5) is 10.1 Å². The number of benzene rings is 2. The molecule has 0 saturated heterocycles. The van der Waals surface area contributed by atoms with Gasteiger partial charge in [0.1, 0.15) is 11.9 Å². The minimum atomic E-state index is -0.558. The molecule has 2 heterocycles. The molecule has 1 aromatic heterocycles. The van der Waals surface area contributed by atoms with Crippen LogP contribution in [0.3, 0.4) is 0 Å². The lowest BCUT2D eigenvalue weighted by molar-refractivity contribution is -0.120. The first-order valence-corrected chi connectivity index (χ1v) is 9.74. The Kier molecular flexibility index (Phi) is 5.27. The lowest BCUT2D eigenvalue weighted by Gasteiger charge is -2.22. The summed E-state index contributed by atoms with van der Waals surface area (Å²) >= 11 is 0. The van der Waals surface area contributed by atoms with Gasteiger partial charge >= 0.3 is 0 Å². The third kappa shape index (κ3) is 3.78. The van der Waals surface area contributed by atoms with Crippen LogP contribution in [0, 0.1) is 18.2 Å². The summed E-state index contributed by atoms with van der Waals surface area (Å²) in [5.41, 5.74) is 3.94. The molecule has 30 heavy (non-hydrogen) atoms. The van der Waals surface area contributed by atoms with Crippen molar-refractivity contribution in [2.24, 2.45) is 0 Å². The van der Waals surface area contributed by atoms with Gasteiger partial charge in [-0.05, 0) is 49.1 Å². The van der Waals surface area contributed by atoms with Gasteiger partial charge < -0.3 is 10.2 Å². The van der Waals surface area contributed by atoms with E-state index in [-0.39, 0.29) is 23.4 Å². The topological polar surface area (TPSA) is 82.0 Å². The zero-order valence-electron chi connectivity index (χ0n) is 16.8. The van der Waals surface area contributed by atoms with E-state index in [4.69, 9.17) is 5.41 Å². The molecule has 0 spiro atoms. The maximum Gasteiger partial charge on any atom is 0.249 e. The number of hydrogen-bond acceptors (Lipinski definition) is 4. The molecule has 0 radical (unpaired) electrons. The normalized spacial score (nSPS) is 16.0. The summed E-state index contributed by atoms with van der Waals surface area (Å²) < 4.78 is 13.6. The molecule has 2 N–H and O–H groups in total. The number of likely N-dealkylation sites (N-methyl/N-ethyl adjacent to an activating group) is 1. The van der Waals surface area contributed by atoms with E-state index in [1.807, 2.05) is 31.2 Å². The van der Waals surface area contributed by atoms with Gasteiger partial charge in [0.2, 0.25) is 5.91 Å². The molecule has 4 rings (SSSR count). The van der Waals surface area contributed by atoms with Crippen molar-refractivity contribution in [1.82, 2.24) is 15.3 Å². The number of rotatable bonds is 3. The summed E-state index contributed by atoms with van der Waals surface area (Å²) in [6, 6.07) is 13.4. The largest absolute Gasteiger partial charge is 0.356 e. The standard InChI is InChI=1S/C23H22FN5O/c1-14-13-26-22(28-20(14)16-7-5-8-17(24)12-16)21(25)27-18-11-10-15-6-3-4-9-19(15)29(2)23(18)30/h3-9,12-13,18H,10-11H2,1-2H3,(H2,25,27). The Bertz CT molecular complexity index is 1130. The van der Waals surface area contributed by atoms with E-state index >= 15 is 0 Å². The van der Waals surface area contributed by atoms with Crippen LogP contribution in [0.1, 0.15) is 23.4 Å². The van der Waals surface area contributed by atoms with Crippen molar-refractivity contribution < 1.29 is 9.18 Å². The zero-order valence-corrected chi connectivity index (χ0v) is 16.8. The summed E-state index contributed by atoms with van der Waals surface area (Å²) in [5, 5.41) is 11.4. The molecule has 6 nitrogen and oxygen atoms in total. The van der Waals surface area contributed by atoms with Crippen molar-refractivity contribution in [2.75, 3.05) is 11.9 Å². The highest BCUT2D eigenvalue weighted by Gasteiger charge is 2.29. The quantitative estimate of drug-likeness (QED) is 0.518. The average Bonchev–Trinajstić information content (AvgIpc) is 2.86. The van der Waals surface area contributed by atoms with Crippen LogP contribution in [0.2, 0.25) is 0 Å². The first kappa shape index (κ1) is 19.7. The van der Waals surface area contributed by atoms with E-state index < -0.39 is 6.04 Å². The third-order valence-electron chi connectivity index (χ3n) is 5.30. The van der Waals surface area contributed by atoms with Crippen LogP contribution in [-0.2, 0) is 11.2 Å². The van der Waals surface area contributed by atoms with Crippen LogP contribution in [-0.4, -0.2) is 34.8 Å². The van der Waals surface area contributed by atoms with Crippen LogP contribution in [0.5, 0.6) is 0 Å². The molecule has 3 aromatic rings. The molecule has 152 valence electrons. The maximum absolute atomic E-state index is 13.6. The van der Waals surface area contributed by atoms with Crippen molar-refractivity contribution in [3.05, 3.63) is 77.5 Å². The lowest BCUT2D eigenvalue weighted by atomic mass is 10.1. The number of halogens is 1. The lowest BCUT2D eigenvalue weighted by Crippen LogP contribution is -2.47. The number of carbonyl (C=O) groups excluding carboxylic acids is 1. The minimum Gasteiger partial charge on any atom is -0.356 e. The molecule has 1 amide bonds. The molecule has 0 fully saturated rings. The Morgan fingerprint density at radius 1 is 1.23 bits per heavy atom. The predicted octanol–water partition coefficient (Wildman–Crippen LogP) is 3.48. The number of anilines is 1. The number of aryl methyl sites for hydroxylation is 2. The molecular formula is C23H22FN5O. The fourth-order valence-corrected chi connectivity index (χ4v) is 3.69. The minimum absolute atomic E-state index is 0.0367. The van der Waals surface area contributed by atoms with Crippen molar-refractivity contribution in [1.29, 1.82) is 5.41 Å². The Labute approximate surface area is 174 Å². The highest BCUT2D eigenvalue weighted by molar-refractivity contribution is 6.02. The van der Waals surface area contributed by atoms with Crippen LogP contribution in [0.25, 0.3) is 11.3 Å². The van der Waals surface area contributed by atoms with Crippen LogP contribution in [0.15, 0.2) is 54.7 Å². The number of hydrogen-bond donors (Lipinski definition) is 2. The second-order valence-corrected chi connectivity index (χ2v) is 7.37. The van der Waals surface area contributed by atoms with E-state index in [0.29, 0.717) is 17.7 Å². The predicted molar refractivity (Wildman–Crippen MR) is 114 cm³/mol. The van der Waals surface area contributed by atoms with Gasteiger partial charge in [0.25, 0.3) is 0 Å². The number of amidine groups is 1. The first-order valence-electron chi connectivity index (χ1n) is 9.74. The first-order chi connectivity index (χ1) is 14.4. The fraction of sp³-hybridized carbons (Fsp3) is 0.217. The average molecular weight is 403 g/mol. The molecule has 1 aliphatic heterocycles. The molecular weight excluding hydrogens is 381 g/mol. The van der Waals surface area contributed by atoms with Gasteiger partial charge in [0.15, 0.2) is 11.7 Å². The number of aromatic nitrogens is 2. The molecule has 0 saturated carbocycles. The SMILES string of the molecule is Cc1cnc(C(=N)NC2CCc3ccccc3N(C)C2=O)nc1-c1cccc(F)c1. The summed E-state index contributed by atoms with van der Waals surface area (Å²) in [4.78, 5) is 23.3. The molecule has 1 aliphatic rings. The highest BCUT2D eigenvalue weighted by Crippen LogP contribution is 2.26. The van der Waals surface area contributed by atoms with Crippen LogP contribution < -0.4 is 10.2 Å². The van der Waals surface area contributed by atoms with Gasteiger partial charge in [0, 0.05) is 24.5 Å². The zero-order chi connectivity index (χ0) is 21.3. The number of para-hydroxylation sites is 1. The maximum atomic E-state index is 13.6. The van der Waals surface area contributed by atoms with Gasteiger partial charge in [-0.25, -0.2) is 14.4 Å². The van der Waals surface area contributed by atoms with Crippen molar-refractivity contribution in [2.45, 2.75) is 25.8 Å². The Morgan fingerprint density at radius 3 is 2.83 bits per heavy atom. The van der Waals surface area contributed by atoms with E-state index in [0.717, 1.165) is 23.2 Å². The molecule has 0 bridgehead atoms. The molecule has 7 heteroatoms. The molecule has 0 aliphatic carbocycles. The van der Waals surface area contributed by atoms with Gasteiger partial charge in [-0.2, -0.15) is 0 Å². The summed E-state index contributed by atoms with van der Waals surface area (Å²) in [6.45, 7) is 1.84. The van der Waals surface area contributed by atoms with Crippen LogP contribution >= 0.6 is 0 Å². The Hall–Kier alpha value is -3.61. The van der Waals surface area contributed by atoms with Crippen molar-refractivity contribution >= 4 is 17.4 Å². The number of nitrogens with one attached hydrogen (secondary N) is 2. The fourth-order valence-electron chi connectivity index (χ4n) is 3.69. The Balaban J connectivity index is 1.57. The van der Waals surface area contributed by atoms with E-state index in [1.165, 1.54) is 12.1 Å². The molecule has 1 atom stereocenters. The van der Waals surface area contributed by atoms with E-state index in [9.17, 15) is 9.18 Å². The summed E-state index contributed by atoms with van der Waals surface area (Å²) in [7, 11) is 1.75. The number of amides is 1. The second-order valence-electron chi connectivity index (χ2n) is 7.37. The van der Waals surface area contributed by atoms with E-state index in [1.54, 1.807) is 30.3 Å². The monoisotopic (exact) mass is 403 g/mol. The Morgan fingerprint density at radius 2 is 2.03 bits per heavy atom. The molecule has 1 unspecified atom stereocenters.